The number of likely N-dealkylation sites (N-methyl/N-ethyl adjacent to an activating group) is 1. The molecule has 0 spiro atoms. The zero-order valence-electron chi connectivity index (χ0n) is 11.1. The molecule has 1 aromatic carbocycles. The maximum absolute atomic E-state index is 12.9. The van der Waals surface area contributed by atoms with Gasteiger partial charge in [0, 0.05) is 18.4 Å². The highest BCUT2D eigenvalue weighted by Crippen LogP contribution is 2.19. The fourth-order valence-electron chi connectivity index (χ4n) is 1.65. The Morgan fingerprint density at radius 2 is 1.94 bits per heavy atom. The van der Waals surface area contributed by atoms with Gasteiger partial charge in [-0.05, 0) is 43.2 Å². The van der Waals surface area contributed by atoms with Gasteiger partial charge in [-0.3, -0.25) is 0 Å². The number of rotatable bonds is 6. The third kappa shape index (κ3) is 3.88. The van der Waals surface area contributed by atoms with Crippen molar-refractivity contribution in [3.05, 3.63) is 66.7 Å². The van der Waals surface area contributed by atoms with E-state index in [-0.39, 0.29) is 5.82 Å². The molecular weight excluding hydrogens is 225 g/mol. The molecule has 2 heteroatoms. The molecule has 0 atom stereocenters. The highest BCUT2D eigenvalue weighted by atomic mass is 19.1. The summed E-state index contributed by atoms with van der Waals surface area (Å²) in [5.74, 6) is -0.228. The lowest BCUT2D eigenvalue weighted by Crippen LogP contribution is -2.14. The molecule has 0 aliphatic carbocycles. The minimum Gasteiger partial charge on any atom is -0.345 e. The molecule has 0 unspecified atom stereocenters. The molecule has 0 aliphatic heterocycles. The van der Waals surface area contributed by atoms with Crippen molar-refractivity contribution in [1.82, 2.24) is 0 Å². The standard InChI is InChI=1S/C16H20FN/c1-5-7-14(6-2)12-13(3)18(4)16-10-8-15(17)9-11-16/h5,8-12H,1,3,6-7H2,2,4H3. The van der Waals surface area contributed by atoms with Gasteiger partial charge in [0.15, 0.2) is 0 Å². The summed E-state index contributed by atoms with van der Waals surface area (Å²) < 4.78 is 12.9. The molecule has 0 bridgehead atoms. The summed E-state index contributed by atoms with van der Waals surface area (Å²) in [6.07, 6.45) is 5.79. The van der Waals surface area contributed by atoms with Crippen LogP contribution in [-0.2, 0) is 0 Å². The monoisotopic (exact) mass is 245 g/mol. The van der Waals surface area contributed by atoms with Gasteiger partial charge in [-0.25, -0.2) is 4.39 Å². The quantitative estimate of drug-likeness (QED) is 0.519. The molecule has 0 fully saturated rings. The minimum atomic E-state index is -0.228. The predicted molar refractivity (Wildman–Crippen MR) is 77.1 cm³/mol. The zero-order chi connectivity index (χ0) is 13.5. The Balaban J connectivity index is 2.83. The van der Waals surface area contributed by atoms with Crippen LogP contribution >= 0.6 is 0 Å². The molecule has 0 aromatic heterocycles. The van der Waals surface area contributed by atoms with E-state index in [4.69, 9.17) is 0 Å². The number of nitrogens with zero attached hydrogens (tertiary/aromatic N) is 1. The topological polar surface area (TPSA) is 3.24 Å². The Kier molecular flexibility index (Phi) is 5.37. The van der Waals surface area contributed by atoms with Crippen molar-refractivity contribution in [3.63, 3.8) is 0 Å². The lowest BCUT2D eigenvalue weighted by molar-refractivity contribution is 0.628. The zero-order valence-corrected chi connectivity index (χ0v) is 11.1. The Morgan fingerprint density at radius 1 is 1.33 bits per heavy atom. The second kappa shape index (κ2) is 6.80. The van der Waals surface area contributed by atoms with Crippen LogP contribution in [0.5, 0.6) is 0 Å². The number of anilines is 1. The second-order valence-electron chi connectivity index (χ2n) is 4.18. The fraction of sp³-hybridized carbons (Fsp3) is 0.250. The van der Waals surface area contributed by atoms with E-state index in [9.17, 15) is 4.39 Å². The summed E-state index contributed by atoms with van der Waals surface area (Å²) in [6, 6.07) is 6.39. The van der Waals surface area contributed by atoms with Crippen LogP contribution in [0.25, 0.3) is 0 Å². The minimum absolute atomic E-state index is 0.228. The Labute approximate surface area is 109 Å². The molecule has 0 N–H and O–H groups in total. The molecule has 1 aromatic rings. The number of hydrogen-bond acceptors (Lipinski definition) is 1. The van der Waals surface area contributed by atoms with Gasteiger partial charge in [0.2, 0.25) is 0 Å². The molecule has 0 saturated carbocycles. The predicted octanol–water partition coefficient (Wildman–Crippen LogP) is 4.69. The Morgan fingerprint density at radius 3 is 2.44 bits per heavy atom. The van der Waals surface area contributed by atoms with Crippen LogP contribution in [0.4, 0.5) is 10.1 Å². The van der Waals surface area contributed by atoms with Crippen molar-refractivity contribution in [2.45, 2.75) is 19.8 Å². The van der Waals surface area contributed by atoms with Crippen LogP contribution in [0.15, 0.2) is 60.8 Å². The van der Waals surface area contributed by atoms with Crippen molar-refractivity contribution in [3.8, 4) is 0 Å². The van der Waals surface area contributed by atoms with E-state index in [1.54, 1.807) is 12.1 Å². The van der Waals surface area contributed by atoms with E-state index in [2.05, 4.69) is 26.2 Å². The summed E-state index contributed by atoms with van der Waals surface area (Å²) in [7, 11) is 1.92. The van der Waals surface area contributed by atoms with Crippen molar-refractivity contribution in [2.24, 2.45) is 0 Å². The lowest BCUT2D eigenvalue weighted by Gasteiger charge is -2.20. The molecule has 0 saturated heterocycles. The first-order valence-corrected chi connectivity index (χ1v) is 6.07. The van der Waals surface area contributed by atoms with Gasteiger partial charge in [-0.15, -0.1) is 6.58 Å². The molecule has 1 nitrogen and oxygen atoms in total. The van der Waals surface area contributed by atoms with Crippen LogP contribution in [-0.4, -0.2) is 7.05 Å². The third-order valence-corrected chi connectivity index (χ3v) is 2.88. The van der Waals surface area contributed by atoms with Gasteiger partial charge < -0.3 is 4.90 Å². The van der Waals surface area contributed by atoms with E-state index in [1.807, 2.05) is 18.0 Å². The van der Waals surface area contributed by atoms with Crippen molar-refractivity contribution >= 4 is 5.69 Å². The fourth-order valence-corrected chi connectivity index (χ4v) is 1.65. The molecule has 0 amide bonds. The molecule has 0 aliphatic rings. The van der Waals surface area contributed by atoms with Crippen molar-refractivity contribution in [2.75, 3.05) is 11.9 Å². The number of halogens is 1. The summed E-state index contributed by atoms with van der Waals surface area (Å²) in [4.78, 5) is 1.94. The van der Waals surface area contributed by atoms with Crippen molar-refractivity contribution < 1.29 is 4.39 Å². The average Bonchev–Trinajstić information content (AvgIpc) is 2.38. The first-order chi connectivity index (χ1) is 8.58. The highest BCUT2D eigenvalue weighted by Gasteiger charge is 2.04. The molecule has 1 rings (SSSR count). The molecule has 96 valence electrons. The maximum atomic E-state index is 12.9. The van der Waals surface area contributed by atoms with E-state index in [0.29, 0.717) is 0 Å². The van der Waals surface area contributed by atoms with Crippen LogP contribution in [0.1, 0.15) is 19.8 Å². The van der Waals surface area contributed by atoms with Gasteiger partial charge in [0.05, 0.1) is 0 Å². The first-order valence-electron chi connectivity index (χ1n) is 6.07. The van der Waals surface area contributed by atoms with E-state index >= 15 is 0 Å². The normalized spacial score (nSPS) is 11.2. The lowest BCUT2D eigenvalue weighted by atomic mass is 10.1. The Bertz CT molecular complexity index is 443. The van der Waals surface area contributed by atoms with Crippen LogP contribution < -0.4 is 4.90 Å². The second-order valence-corrected chi connectivity index (χ2v) is 4.18. The number of benzene rings is 1. The van der Waals surface area contributed by atoms with E-state index in [0.717, 1.165) is 24.2 Å². The highest BCUT2D eigenvalue weighted by molar-refractivity contribution is 5.53. The Hall–Kier alpha value is -1.83. The van der Waals surface area contributed by atoms with Crippen molar-refractivity contribution in [1.29, 1.82) is 0 Å². The average molecular weight is 245 g/mol. The summed E-state index contributed by atoms with van der Waals surface area (Å²) >= 11 is 0. The SMILES string of the molecule is C=CCC(=CC(=C)N(C)c1ccc(F)cc1)CC. The van der Waals surface area contributed by atoms with Gasteiger partial charge in [0.25, 0.3) is 0 Å². The van der Waals surface area contributed by atoms with Crippen LogP contribution in [0.2, 0.25) is 0 Å². The molecule has 0 heterocycles. The largest absolute Gasteiger partial charge is 0.345 e. The smallest absolute Gasteiger partial charge is 0.123 e. The summed E-state index contributed by atoms with van der Waals surface area (Å²) in [6.45, 7) is 9.90. The third-order valence-electron chi connectivity index (χ3n) is 2.88. The van der Waals surface area contributed by atoms with Crippen LogP contribution in [0.3, 0.4) is 0 Å². The molecule has 18 heavy (non-hydrogen) atoms. The van der Waals surface area contributed by atoms with Gasteiger partial charge in [-0.1, -0.05) is 25.2 Å². The summed E-state index contributed by atoms with van der Waals surface area (Å²) in [5, 5.41) is 0. The van der Waals surface area contributed by atoms with Gasteiger partial charge in [-0.2, -0.15) is 0 Å². The first kappa shape index (κ1) is 14.2. The summed E-state index contributed by atoms with van der Waals surface area (Å²) in [5.41, 5.74) is 3.09. The molecule has 0 radical (unpaired) electrons. The van der Waals surface area contributed by atoms with E-state index < -0.39 is 0 Å². The van der Waals surface area contributed by atoms with Gasteiger partial charge in [0.1, 0.15) is 5.82 Å². The number of hydrogen-bond donors (Lipinski definition) is 0. The number of allylic oxidation sites excluding steroid dienone is 3. The van der Waals surface area contributed by atoms with Gasteiger partial charge >= 0.3 is 0 Å². The maximum Gasteiger partial charge on any atom is 0.123 e. The molecular formula is C16H20FN. The van der Waals surface area contributed by atoms with E-state index in [1.165, 1.54) is 17.7 Å². The van der Waals surface area contributed by atoms with Crippen LogP contribution in [0, 0.1) is 5.82 Å².